The summed E-state index contributed by atoms with van der Waals surface area (Å²) >= 11 is 1.31. The Morgan fingerprint density at radius 2 is 1.76 bits per heavy atom. The number of ether oxygens (including phenoxy) is 2. The molecule has 4 rings (SSSR count). The minimum Gasteiger partial charge on any atom is -0.494 e. The molecule has 8 nitrogen and oxygen atoms in total. The van der Waals surface area contributed by atoms with Crippen LogP contribution in [0.5, 0.6) is 5.75 Å². The van der Waals surface area contributed by atoms with Gasteiger partial charge in [-0.1, -0.05) is 11.8 Å². The van der Waals surface area contributed by atoms with Crippen LogP contribution in [0.15, 0.2) is 53.5 Å². The first-order valence-corrected chi connectivity index (χ1v) is 12.2. The Kier molecular flexibility index (Phi) is 7.52. The Bertz CT molecular complexity index is 1080. The second-order valence-corrected chi connectivity index (χ2v) is 9.09. The van der Waals surface area contributed by atoms with Crippen molar-refractivity contribution in [2.45, 2.75) is 44.4 Å². The maximum absolute atomic E-state index is 13.1. The van der Waals surface area contributed by atoms with Gasteiger partial charge in [0.25, 0.3) is 0 Å². The first-order valence-electron chi connectivity index (χ1n) is 11.4. The van der Waals surface area contributed by atoms with E-state index in [-0.39, 0.29) is 30.2 Å². The van der Waals surface area contributed by atoms with Crippen molar-refractivity contribution in [2.75, 3.05) is 18.5 Å². The minimum absolute atomic E-state index is 0.0563. The van der Waals surface area contributed by atoms with E-state index in [1.54, 1.807) is 60.4 Å². The molecular formula is C25H27N3O5S. The van der Waals surface area contributed by atoms with Gasteiger partial charge in [-0.05, 0) is 75.2 Å². The van der Waals surface area contributed by atoms with Gasteiger partial charge < -0.3 is 14.8 Å². The van der Waals surface area contributed by atoms with Crippen molar-refractivity contribution in [3.05, 3.63) is 54.1 Å². The summed E-state index contributed by atoms with van der Waals surface area (Å²) in [6.07, 6.45) is 1.91. The zero-order valence-electron chi connectivity index (χ0n) is 19.2. The molecule has 178 valence electrons. The molecule has 1 saturated heterocycles. The Hall–Kier alpha value is -3.33. The molecule has 2 aromatic carbocycles. The molecule has 2 amide bonds. The number of nitrogens with zero attached hydrogens (tertiary/aromatic N) is 2. The number of hydrogen-bond donors (Lipinski definition) is 1. The van der Waals surface area contributed by atoms with Gasteiger partial charge in [0.05, 0.1) is 24.5 Å². The van der Waals surface area contributed by atoms with Gasteiger partial charge >= 0.3 is 5.97 Å². The van der Waals surface area contributed by atoms with Crippen LogP contribution in [0.3, 0.4) is 0 Å². The molecule has 2 fully saturated rings. The van der Waals surface area contributed by atoms with E-state index in [0.29, 0.717) is 35.3 Å². The normalized spacial score (nSPS) is 18.8. The summed E-state index contributed by atoms with van der Waals surface area (Å²) in [5, 5.41) is 2.91. The number of carbonyl (C=O) groups excluding carboxylic acids is 3. The van der Waals surface area contributed by atoms with Gasteiger partial charge in [-0.2, -0.15) is 0 Å². The SMILES string of the molecule is CCOC(=O)c1ccc(N=C2S[C@@H](CC(=O)Nc3ccc(OCC)cc3)C(=O)N2C2CC2)cc1. The number of amidine groups is 1. The monoisotopic (exact) mass is 481 g/mol. The van der Waals surface area contributed by atoms with Crippen molar-refractivity contribution < 1.29 is 23.9 Å². The summed E-state index contributed by atoms with van der Waals surface area (Å²) in [5.41, 5.74) is 1.73. The number of esters is 1. The Morgan fingerprint density at radius 3 is 2.38 bits per heavy atom. The lowest BCUT2D eigenvalue weighted by Crippen LogP contribution is -2.35. The summed E-state index contributed by atoms with van der Waals surface area (Å²) in [5.74, 6) is 0.0330. The summed E-state index contributed by atoms with van der Waals surface area (Å²) in [7, 11) is 0. The number of rotatable bonds is 9. The van der Waals surface area contributed by atoms with Crippen molar-refractivity contribution in [1.29, 1.82) is 0 Å². The number of nitrogens with one attached hydrogen (secondary N) is 1. The van der Waals surface area contributed by atoms with Gasteiger partial charge in [-0.25, -0.2) is 9.79 Å². The molecule has 0 radical (unpaired) electrons. The first kappa shape index (κ1) is 23.8. The number of anilines is 1. The van der Waals surface area contributed by atoms with E-state index in [0.717, 1.165) is 18.6 Å². The number of amides is 2. The van der Waals surface area contributed by atoms with E-state index in [4.69, 9.17) is 9.47 Å². The van der Waals surface area contributed by atoms with Crippen LogP contribution >= 0.6 is 11.8 Å². The Morgan fingerprint density at radius 1 is 1.06 bits per heavy atom. The second kappa shape index (κ2) is 10.7. The molecule has 0 unspecified atom stereocenters. The summed E-state index contributed by atoms with van der Waals surface area (Å²) in [6, 6.07) is 14.0. The maximum Gasteiger partial charge on any atom is 0.338 e. The van der Waals surface area contributed by atoms with Gasteiger partial charge in [-0.15, -0.1) is 0 Å². The van der Waals surface area contributed by atoms with Gasteiger partial charge in [0.1, 0.15) is 11.0 Å². The second-order valence-electron chi connectivity index (χ2n) is 7.92. The lowest BCUT2D eigenvalue weighted by Gasteiger charge is -2.15. The molecule has 0 spiro atoms. The van der Waals surface area contributed by atoms with E-state index >= 15 is 0 Å². The fraction of sp³-hybridized carbons (Fsp3) is 0.360. The largest absolute Gasteiger partial charge is 0.494 e. The summed E-state index contributed by atoms with van der Waals surface area (Å²) in [4.78, 5) is 43.9. The van der Waals surface area contributed by atoms with Crippen LogP contribution in [-0.2, 0) is 14.3 Å². The molecule has 1 atom stereocenters. The average molecular weight is 482 g/mol. The van der Waals surface area contributed by atoms with Crippen LogP contribution in [0.2, 0.25) is 0 Å². The highest BCUT2D eigenvalue weighted by Gasteiger charge is 2.46. The van der Waals surface area contributed by atoms with Crippen molar-refractivity contribution in [3.63, 3.8) is 0 Å². The third-order valence-corrected chi connectivity index (χ3v) is 6.45. The molecule has 2 aliphatic rings. The smallest absolute Gasteiger partial charge is 0.338 e. The number of thioether (sulfide) groups is 1. The topological polar surface area (TPSA) is 97.3 Å². The van der Waals surface area contributed by atoms with Crippen LogP contribution in [0.25, 0.3) is 0 Å². The fourth-order valence-corrected chi connectivity index (χ4v) is 4.75. The number of aliphatic imine (C=N–C) groups is 1. The zero-order valence-corrected chi connectivity index (χ0v) is 20.0. The fourth-order valence-electron chi connectivity index (χ4n) is 3.54. The lowest BCUT2D eigenvalue weighted by atomic mass is 10.2. The molecule has 34 heavy (non-hydrogen) atoms. The van der Waals surface area contributed by atoms with Crippen LogP contribution in [0.4, 0.5) is 11.4 Å². The lowest BCUT2D eigenvalue weighted by molar-refractivity contribution is -0.128. The molecule has 1 N–H and O–H groups in total. The van der Waals surface area contributed by atoms with Crippen molar-refractivity contribution in [2.24, 2.45) is 4.99 Å². The number of benzene rings is 2. The molecule has 0 aromatic heterocycles. The summed E-state index contributed by atoms with van der Waals surface area (Å²) in [6.45, 7) is 4.55. The van der Waals surface area contributed by atoms with Gasteiger partial charge in [-0.3, -0.25) is 14.5 Å². The van der Waals surface area contributed by atoms with E-state index in [1.165, 1.54) is 11.8 Å². The molecule has 9 heteroatoms. The van der Waals surface area contributed by atoms with Gasteiger partial charge in [0.2, 0.25) is 11.8 Å². The zero-order chi connectivity index (χ0) is 24.1. The van der Waals surface area contributed by atoms with E-state index in [1.807, 2.05) is 6.92 Å². The van der Waals surface area contributed by atoms with Gasteiger partial charge in [0.15, 0.2) is 5.17 Å². The highest BCUT2D eigenvalue weighted by molar-refractivity contribution is 8.15. The minimum atomic E-state index is -0.527. The van der Waals surface area contributed by atoms with Crippen LogP contribution < -0.4 is 10.1 Å². The van der Waals surface area contributed by atoms with E-state index < -0.39 is 5.25 Å². The molecule has 1 aliphatic heterocycles. The van der Waals surface area contributed by atoms with Gasteiger partial charge in [0, 0.05) is 18.2 Å². The van der Waals surface area contributed by atoms with Crippen molar-refractivity contribution in [1.82, 2.24) is 4.90 Å². The summed E-state index contributed by atoms with van der Waals surface area (Å²) < 4.78 is 10.4. The standard InChI is InChI=1S/C25H27N3O5S/c1-3-32-20-13-9-17(10-14-20)26-22(29)15-21-23(30)28(19-11-12-19)25(34-21)27-18-7-5-16(6-8-18)24(31)33-4-2/h5-10,13-14,19,21H,3-4,11-12,15H2,1-2H3,(H,26,29)/t21-/m0/s1. The molecule has 2 aromatic rings. The maximum atomic E-state index is 13.1. The highest BCUT2D eigenvalue weighted by Crippen LogP contribution is 2.39. The predicted octanol–water partition coefficient (Wildman–Crippen LogP) is 4.38. The van der Waals surface area contributed by atoms with Crippen molar-refractivity contribution in [3.8, 4) is 5.75 Å². The van der Waals surface area contributed by atoms with Crippen LogP contribution in [0, 0.1) is 0 Å². The predicted molar refractivity (Wildman–Crippen MR) is 132 cm³/mol. The van der Waals surface area contributed by atoms with E-state index in [9.17, 15) is 14.4 Å². The highest BCUT2D eigenvalue weighted by atomic mass is 32.2. The molecular weight excluding hydrogens is 454 g/mol. The van der Waals surface area contributed by atoms with Crippen LogP contribution in [0.1, 0.15) is 43.5 Å². The molecule has 0 bridgehead atoms. The molecule has 1 heterocycles. The van der Waals surface area contributed by atoms with Crippen LogP contribution in [-0.4, -0.2) is 52.4 Å². The Labute approximate surface area is 202 Å². The average Bonchev–Trinajstić information content (AvgIpc) is 3.61. The Balaban J connectivity index is 1.42. The first-order chi connectivity index (χ1) is 16.5. The van der Waals surface area contributed by atoms with E-state index in [2.05, 4.69) is 10.3 Å². The van der Waals surface area contributed by atoms with Crippen molar-refractivity contribution >= 4 is 46.1 Å². The third kappa shape index (κ3) is 5.77. The molecule has 1 saturated carbocycles. The quantitative estimate of drug-likeness (QED) is 0.534. The third-order valence-electron chi connectivity index (χ3n) is 5.30. The molecule has 1 aliphatic carbocycles. The number of hydrogen-bond acceptors (Lipinski definition) is 7. The number of carbonyl (C=O) groups is 3.